The smallest absolute Gasteiger partial charge is 0.174 e. The van der Waals surface area contributed by atoms with Crippen molar-refractivity contribution in [3.63, 3.8) is 0 Å². The molecule has 0 N–H and O–H groups in total. The summed E-state index contributed by atoms with van der Waals surface area (Å²) in [7, 11) is 0. The molecule has 2 rings (SSSR count). The van der Waals surface area contributed by atoms with Gasteiger partial charge in [-0.3, -0.25) is 9.78 Å². The second-order valence-electron chi connectivity index (χ2n) is 3.96. The number of hydrogen-bond donors (Lipinski definition) is 0. The van der Waals surface area contributed by atoms with E-state index in [1.807, 2.05) is 0 Å². The monoisotopic (exact) mass is 263 g/mol. The minimum absolute atomic E-state index is 0.0394. The van der Waals surface area contributed by atoms with Gasteiger partial charge in [-0.05, 0) is 37.3 Å². The number of hydrogen-bond acceptors (Lipinski definition) is 2. The number of rotatable bonds is 3. The van der Waals surface area contributed by atoms with Crippen LogP contribution in [0.1, 0.15) is 28.9 Å². The van der Waals surface area contributed by atoms with Gasteiger partial charge in [0, 0.05) is 11.2 Å². The summed E-state index contributed by atoms with van der Waals surface area (Å²) in [5, 5.41) is 0.273. The minimum atomic E-state index is -0.602. The van der Waals surface area contributed by atoms with Gasteiger partial charge >= 0.3 is 0 Å². The molecule has 0 radical (unpaired) electrons. The van der Waals surface area contributed by atoms with Crippen LogP contribution in [0.3, 0.4) is 0 Å². The van der Waals surface area contributed by atoms with Gasteiger partial charge in [-0.2, -0.15) is 0 Å². The first-order chi connectivity index (χ1) is 8.59. The van der Waals surface area contributed by atoms with Crippen molar-refractivity contribution in [2.24, 2.45) is 0 Å². The Morgan fingerprint density at radius 3 is 2.72 bits per heavy atom. The Bertz CT molecular complexity index is 571. The van der Waals surface area contributed by atoms with Crippen molar-refractivity contribution < 1.29 is 9.18 Å². The second kappa shape index (κ2) is 5.27. The van der Waals surface area contributed by atoms with Crippen LogP contribution in [0.25, 0.3) is 0 Å². The maximum Gasteiger partial charge on any atom is 0.174 e. The minimum Gasteiger partial charge on any atom is -0.293 e. The van der Waals surface area contributed by atoms with E-state index >= 15 is 0 Å². The standard InChI is InChI=1S/C14H11ClFNO/c1-9(13-4-2-3-7-17-13)14(18)11-6-5-10(15)8-12(11)16/h2-9H,1H3. The van der Waals surface area contributed by atoms with Crippen molar-refractivity contribution in [2.45, 2.75) is 12.8 Å². The zero-order valence-corrected chi connectivity index (χ0v) is 10.5. The zero-order valence-electron chi connectivity index (χ0n) is 9.73. The Balaban J connectivity index is 2.32. The van der Waals surface area contributed by atoms with Gasteiger partial charge in [-0.15, -0.1) is 0 Å². The van der Waals surface area contributed by atoms with Crippen LogP contribution in [0.4, 0.5) is 4.39 Å². The van der Waals surface area contributed by atoms with Crippen LogP contribution in [0.2, 0.25) is 5.02 Å². The molecular weight excluding hydrogens is 253 g/mol. The summed E-state index contributed by atoms with van der Waals surface area (Å²) >= 11 is 5.65. The summed E-state index contributed by atoms with van der Waals surface area (Å²) in [5.41, 5.74) is 0.661. The molecule has 0 aliphatic rings. The number of nitrogens with zero attached hydrogens (tertiary/aromatic N) is 1. The summed E-state index contributed by atoms with van der Waals surface area (Å²) in [5.74, 6) is -1.39. The SMILES string of the molecule is CC(C(=O)c1ccc(Cl)cc1F)c1ccccn1. The summed E-state index contributed by atoms with van der Waals surface area (Å²) < 4.78 is 13.7. The third-order valence-electron chi connectivity index (χ3n) is 2.72. The van der Waals surface area contributed by atoms with Crippen LogP contribution in [-0.4, -0.2) is 10.8 Å². The molecule has 18 heavy (non-hydrogen) atoms. The van der Waals surface area contributed by atoms with E-state index in [0.717, 1.165) is 6.07 Å². The highest BCUT2D eigenvalue weighted by molar-refractivity contribution is 6.30. The molecule has 4 heteroatoms. The van der Waals surface area contributed by atoms with E-state index in [9.17, 15) is 9.18 Å². The Morgan fingerprint density at radius 2 is 2.11 bits per heavy atom. The largest absolute Gasteiger partial charge is 0.293 e. The lowest BCUT2D eigenvalue weighted by atomic mass is 9.95. The normalized spacial score (nSPS) is 12.2. The van der Waals surface area contributed by atoms with Gasteiger partial charge in [0.05, 0.1) is 17.2 Å². The molecule has 1 atom stereocenters. The Morgan fingerprint density at radius 1 is 1.33 bits per heavy atom. The molecule has 2 aromatic rings. The fourth-order valence-electron chi connectivity index (χ4n) is 1.69. The maximum atomic E-state index is 13.7. The number of halogens is 2. The molecule has 1 aromatic heterocycles. The Hall–Kier alpha value is -1.74. The molecule has 0 saturated heterocycles. The molecule has 1 aromatic carbocycles. The molecule has 0 saturated carbocycles. The van der Waals surface area contributed by atoms with Crippen molar-refractivity contribution in [3.8, 4) is 0 Å². The zero-order chi connectivity index (χ0) is 13.1. The highest BCUT2D eigenvalue weighted by Gasteiger charge is 2.21. The summed E-state index contributed by atoms with van der Waals surface area (Å²) in [6.45, 7) is 1.71. The molecule has 92 valence electrons. The fraction of sp³-hybridized carbons (Fsp3) is 0.143. The lowest BCUT2D eigenvalue weighted by molar-refractivity contribution is 0.0960. The lowest BCUT2D eigenvalue weighted by Gasteiger charge is -2.10. The first-order valence-electron chi connectivity index (χ1n) is 5.50. The number of benzene rings is 1. The molecule has 0 fully saturated rings. The molecular formula is C14H11ClFNO. The number of aromatic nitrogens is 1. The van der Waals surface area contributed by atoms with E-state index in [-0.39, 0.29) is 16.4 Å². The molecule has 1 heterocycles. The lowest BCUT2D eigenvalue weighted by Crippen LogP contribution is -2.12. The van der Waals surface area contributed by atoms with Crippen LogP contribution in [0.5, 0.6) is 0 Å². The van der Waals surface area contributed by atoms with E-state index in [1.165, 1.54) is 12.1 Å². The van der Waals surface area contributed by atoms with Gasteiger partial charge in [-0.25, -0.2) is 4.39 Å². The van der Waals surface area contributed by atoms with Gasteiger partial charge in [0.15, 0.2) is 5.78 Å². The molecule has 0 spiro atoms. The molecule has 2 nitrogen and oxygen atoms in total. The second-order valence-corrected chi connectivity index (χ2v) is 4.40. The highest BCUT2D eigenvalue weighted by atomic mass is 35.5. The first kappa shape index (κ1) is 12.7. The van der Waals surface area contributed by atoms with E-state index in [4.69, 9.17) is 11.6 Å². The Labute approximate surface area is 109 Å². The predicted molar refractivity (Wildman–Crippen MR) is 68.4 cm³/mol. The van der Waals surface area contributed by atoms with Crippen molar-refractivity contribution >= 4 is 17.4 Å². The molecule has 0 aliphatic carbocycles. The van der Waals surface area contributed by atoms with Crippen molar-refractivity contribution in [3.05, 3.63) is 64.7 Å². The van der Waals surface area contributed by atoms with Gasteiger partial charge in [0.25, 0.3) is 0 Å². The average molecular weight is 264 g/mol. The number of ketones is 1. The van der Waals surface area contributed by atoms with Gasteiger partial charge < -0.3 is 0 Å². The molecule has 0 bridgehead atoms. The molecule has 0 amide bonds. The number of Topliss-reactive ketones (excluding diaryl/α,β-unsaturated/α-hetero) is 1. The van der Waals surface area contributed by atoms with Crippen molar-refractivity contribution in [2.75, 3.05) is 0 Å². The quantitative estimate of drug-likeness (QED) is 0.787. The van der Waals surface area contributed by atoms with Crippen LogP contribution in [-0.2, 0) is 0 Å². The van der Waals surface area contributed by atoms with E-state index in [1.54, 1.807) is 31.3 Å². The predicted octanol–water partition coefficient (Wildman–Crippen LogP) is 3.86. The topological polar surface area (TPSA) is 30.0 Å². The van der Waals surface area contributed by atoms with Crippen LogP contribution < -0.4 is 0 Å². The average Bonchev–Trinajstić information content (AvgIpc) is 2.38. The van der Waals surface area contributed by atoms with Crippen LogP contribution in [0, 0.1) is 5.82 Å². The van der Waals surface area contributed by atoms with Crippen LogP contribution >= 0.6 is 11.6 Å². The third-order valence-corrected chi connectivity index (χ3v) is 2.96. The number of carbonyl (C=O) groups excluding carboxylic acids is 1. The molecule has 0 aliphatic heterocycles. The fourth-order valence-corrected chi connectivity index (χ4v) is 1.85. The van der Waals surface area contributed by atoms with Crippen molar-refractivity contribution in [1.29, 1.82) is 0 Å². The van der Waals surface area contributed by atoms with E-state index in [2.05, 4.69) is 4.98 Å². The van der Waals surface area contributed by atoms with Crippen molar-refractivity contribution in [1.82, 2.24) is 4.98 Å². The maximum absolute atomic E-state index is 13.7. The third kappa shape index (κ3) is 2.57. The first-order valence-corrected chi connectivity index (χ1v) is 5.87. The number of pyridine rings is 1. The molecule has 1 unspecified atom stereocenters. The van der Waals surface area contributed by atoms with Gasteiger partial charge in [-0.1, -0.05) is 17.7 Å². The number of carbonyl (C=O) groups is 1. The van der Waals surface area contributed by atoms with Gasteiger partial charge in [0.2, 0.25) is 0 Å². The highest BCUT2D eigenvalue weighted by Crippen LogP contribution is 2.22. The Kier molecular flexibility index (Phi) is 3.72. The summed E-state index contributed by atoms with van der Waals surface area (Å²) in [6.07, 6.45) is 1.61. The summed E-state index contributed by atoms with van der Waals surface area (Å²) in [4.78, 5) is 16.3. The van der Waals surface area contributed by atoms with E-state index < -0.39 is 11.7 Å². The van der Waals surface area contributed by atoms with Gasteiger partial charge in [0.1, 0.15) is 5.82 Å². The summed E-state index contributed by atoms with van der Waals surface area (Å²) in [6, 6.07) is 9.35. The van der Waals surface area contributed by atoms with Crippen LogP contribution in [0.15, 0.2) is 42.6 Å². The van der Waals surface area contributed by atoms with E-state index in [0.29, 0.717) is 5.69 Å².